The maximum absolute atomic E-state index is 13.7. The van der Waals surface area contributed by atoms with Crippen molar-refractivity contribution in [3.8, 4) is 11.5 Å². The van der Waals surface area contributed by atoms with Gasteiger partial charge < -0.3 is 20.1 Å². The van der Waals surface area contributed by atoms with E-state index in [9.17, 15) is 14.9 Å². The van der Waals surface area contributed by atoms with Crippen molar-refractivity contribution in [3.63, 3.8) is 0 Å². The number of benzene rings is 3. The molecule has 3 aromatic rings. The van der Waals surface area contributed by atoms with E-state index in [0.29, 0.717) is 35.5 Å². The Bertz CT molecular complexity index is 1350. The minimum absolute atomic E-state index is 0.00403. The zero-order chi connectivity index (χ0) is 23.2. The lowest BCUT2D eigenvalue weighted by molar-refractivity contribution is -0.385. The van der Waals surface area contributed by atoms with Crippen LogP contribution in [0.5, 0.6) is 11.5 Å². The van der Waals surface area contributed by atoms with Crippen LogP contribution in [0.1, 0.15) is 35.9 Å². The van der Waals surface area contributed by atoms with Gasteiger partial charge in [0.1, 0.15) is 0 Å². The van der Waals surface area contributed by atoms with Crippen LogP contribution in [-0.4, -0.2) is 17.5 Å². The molecule has 0 bridgehead atoms. The van der Waals surface area contributed by atoms with Crippen molar-refractivity contribution in [2.24, 2.45) is 0 Å². The summed E-state index contributed by atoms with van der Waals surface area (Å²) < 4.78 is 10.9. The Hall–Kier alpha value is -4.33. The molecule has 2 atom stereocenters. The van der Waals surface area contributed by atoms with Crippen LogP contribution in [0.2, 0.25) is 0 Å². The van der Waals surface area contributed by atoms with Crippen LogP contribution in [0.25, 0.3) is 0 Å². The molecule has 0 aromatic heterocycles. The summed E-state index contributed by atoms with van der Waals surface area (Å²) in [7, 11) is 0. The van der Waals surface area contributed by atoms with Gasteiger partial charge in [-0.1, -0.05) is 42.5 Å². The average Bonchev–Trinajstić information content (AvgIpc) is 3.24. The van der Waals surface area contributed by atoms with E-state index in [1.165, 1.54) is 6.07 Å². The molecule has 2 N–H and O–H groups in total. The summed E-state index contributed by atoms with van der Waals surface area (Å²) in [5.41, 5.74) is 4.23. The summed E-state index contributed by atoms with van der Waals surface area (Å²) in [6.45, 7) is 0.00403. The van der Waals surface area contributed by atoms with Crippen LogP contribution in [0.3, 0.4) is 0 Å². The van der Waals surface area contributed by atoms with Crippen molar-refractivity contribution in [1.29, 1.82) is 0 Å². The number of para-hydroxylation sites is 2. The van der Waals surface area contributed by atoms with Crippen molar-refractivity contribution in [2.45, 2.75) is 24.8 Å². The fourth-order valence-electron chi connectivity index (χ4n) is 5.02. The molecule has 2 heterocycles. The first kappa shape index (κ1) is 20.3. The van der Waals surface area contributed by atoms with E-state index < -0.39 is 11.0 Å². The SMILES string of the molecule is O=C1CC(c2ccccc2)CC2=C1C(c1cc3c(cc1[N+](=O)[O-])OCO3)Nc1ccccc1N2. The first-order valence-electron chi connectivity index (χ1n) is 11.1. The van der Waals surface area contributed by atoms with E-state index in [2.05, 4.69) is 10.6 Å². The molecule has 0 amide bonds. The van der Waals surface area contributed by atoms with Gasteiger partial charge in [-0.3, -0.25) is 14.9 Å². The molecule has 0 saturated carbocycles. The third-order valence-electron chi connectivity index (χ3n) is 6.61. The van der Waals surface area contributed by atoms with E-state index in [0.717, 1.165) is 22.6 Å². The predicted molar refractivity (Wildman–Crippen MR) is 126 cm³/mol. The third kappa shape index (κ3) is 3.35. The molecule has 3 aromatic carbocycles. The minimum atomic E-state index is -0.717. The highest BCUT2D eigenvalue weighted by molar-refractivity contribution is 6.01. The lowest BCUT2D eigenvalue weighted by Gasteiger charge is -2.29. The summed E-state index contributed by atoms with van der Waals surface area (Å²) in [5, 5.41) is 18.9. The second-order valence-electron chi connectivity index (χ2n) is 8.60. The van der Waals surface area contributed by atoms with Gasteiger partial charge in [0.15, 0.2) is 17.3 Å². The quantitative estimate of drug-likeness (QED) is 0.408. The largest absolute Gasteiger partial charge is 0.454 e. The molecular formula is C26H21N3O5. The fourth-order valence-corrected chi connectivity index (χ4v) is 5.02. The number of hydrogen-bond donors (Lipinski definition) is 2. The number of ether oxygens (including phenoxy) is 2. The molecule has 0 radical (unpaired) electrons. The molecule has 2 unspecified atom stereocenters. The van der Waals surface area contributed by atoms with Gasteiger partial charge >= 0.3 is 0 Å². The topological polar surface area (TPSA) is 103 Å². The number of fused-ring (bicyclic) bond motifs is 2. The molecule has 34 heavy (non-hydrogen) atoms. The number of ketones is 1. The number of nitro groups is 1. The molecule has 1 aliphatic carbocycles. The smallest absolute Gasteiger partial charge is 0.279 e. The van der Waals surface area contributed by atoms with Crippen LogP contribution in [0.15, 0.2) is 78.0 Å². The van der Waals surface area contributed by atoms with Crippen LogP contribution in [0, 0.1) is 10.1 Å². The van der Waals surface area contributed by atoms with E-state index in [4.69, 9.17) is 9.47 Å². The number of nitrogens with zero attached hydrogens (tertiary/aromatic N) is 1. The predicted octanol–water partition coefficient (Wildman–Crippen LogP) is 5.30. The van der Waals surface area contributed by atoms with E-state index >= 15 is 0 Å². The van der Waals surface area contributed by atoms with Crippen LogP contribution in [0.4, 0.5) is 17.1 Å². The zero-order valence-electron chi connectivity index (χ0n) is 18.1. The Labute approximate surface area is 195 Å². The lowest BCUT2D eigenvalue weighted by Crippen LogP contribution is -2.27. The van der Waals surface area contributed by atoms with E-state index in [1.54, 1.807) is 6.07 Å². The molecule has 8 heteroatoms. The normalized spacial score (nSPS) is 20.5. The second-order valence-corrected chi connectivity index (χ2v) is 8.60. The molecule has 0 saturated heterocycles. The van der Waals surface area contributed by atoms with E-state index in [1.807, 2.05) is 54.6 Å². The molecule has 8 nitrogen and oxygen atoms in total. The number of nitrogens with one attached hydrogen (secondary N) is 2. The standard InChI is InChI=1S/C26H21N3O5/c30-22-11-16(15-6-2-1-3-7-15)10-20-25(22)26(28-19-9-5-4-8-18(19)27-20)17-12-23-24(34-14-33-23)13-21(17)29(31)32/h1-9,12-13,16,26-28H,10-11,14H2. The highest BCUT2D eigenvalue weighted by atomic mass is 16.7. The molecule has 0 fully saturated rings. The van der Waals surface area contributed by atoms with Gasteiger partial charge in [0.25, 0.3) is 5.69 Å². The Morgan fingerprint density at radius 1 is 0.912 bits per heavy atom. The molecule has 0 spiro atoms. The van der Waals surface area contributed by atoms with Crippen molar-refractivity contribution in [3.05, 3.63) is 99.2 Å². The zero-order valence-corrected chi connectivity index (χ0v) is 18.1. The van der Waals surface area contributed by atoms with Gasteiger partial charge in [0.2, 0.25) is 6.79 Å². The Balaban J connectivity index is 1.52. The third-order valence-corrected chi connectivity index (χ3v) is 6.61. The Morgan fingerprint density at radius 2 is 1.62 bits per heavy atom. The monoisotopic (exact) mass is 455 g/mol. The average molecular weight is 455 g/mol. The lowest BCUT2D eigenvalue weighted by atomic mass is 9.78. The highest BCUT2D eigenvalue weighted by Gasteiger charge is 2.39. The summed E-state index contributed by atoms with van der Waals surface area (Å²) in [6, 6.07) is 19.9. The minimum Gasteiger partial charge on any atom is -0.454 e. The molecule has 170 valence electrons. The van der Waals surface area contributed by atoms with Gasteiger partial charge in [0, 0.05) is 17.7 Å². The summed E-state index contributed by atoms with van der Waals surface area (Å²) in [5.74, 6) is 0.744. The number of rotatable bonds is 3. The van der Waals surface area contributed by atoms with Crippen molar-refractivity contribution in [1.82, 2.24) is 0 Å². The van der Waals surface area contributed by atoms with Crippen molar-refractivity contribution < 1.29 is 19.2 Å². The molecular weight excluding hydrogens is 434 g/mol. The van der Waals surface area contributed by atoms with Gasteiger partial charge in [-0.2, -0.15) is 0 Å². The summed E-state index contributed by atoms with van der Waals surface area (Å²) >= 11 is 0. The summed E-state index contributed by atoms with van der Waals surface area (Å²) in [6.07, 6.45) is 0.952. The maximum Gasteiger partial charge on any atom is 0.279 e. The number of nitro benzene ring substituents is 1. The number of carbonyl (C=O) groups excluding carboxylic acids is 1. The van der Waals surface area contributed by atoms with Crippen molar-refractivity contribution >= 4 is 22.8 Å². The number of anilines is 2. The first-order chi connectivity index (χ1) is 16.6. The first-order valence-corrected chi connectivity index (χ1v) is 11.1. The Morgan fingerprint density at radius 3 is 2.38 bits per heavy atom. The molecule has 6 rings (SSSR count). The number of carbonyl (C=O) groups is 1. The van der Waals surface area contributed by atoms with Gasteiger partial charge in [-0.25, -0.2) is 0 Å². The van der Waals surface area contributed by atoms with Crippen LogP contribution < -0.4 is 20.1 Å². The van der Waals surface area contributed by atoms with Gasteiger partial charge in [-0.05, 0) is 36.1 Å². The van der Waals surface area contributed by atoms with Crippen molar-refractivity contribution in [2.75, 3.05) is 17.4 Å². The molecule has 2 aliphatic heterocycles. The number of Topliss-reactive ketones (excluding diaryl/α,β-unsaturated/α-hetero) is 1. The Kier molecular flexibility index (Phi) is 4.72. The number of hydrogen-bond acceptors (Lipinski definition) is 7. The maximum atomic E-state index is 13.7. The fraction of sp³-hybridized carbons (Fsp3) is 0.192. The van der Waals surface area contributed by atoms with Gasteiger partial charge in [0.05, 0.1) is 34.0 Å². The molecule has 3 aliphatic rings. The summed E-state index contributed by atoms with van der Waals surface area (Å²) in [4.78, 5) is 25.2. The highest BCUT2D eigenvalue weighted by Crippen LogP contribution is 2.48. The van der Waals surface area contributed by atoms with Gasteiger partial charge in [-0.15, -0.1) is 0 Å². The second kappa shape index (κ2) is 7.91. The van der Waals surface area contributed by atoms with E-state index in [-0.39, 0.29) is 24.2 Å². The van der Waals surface area contributed by atoms with Crippen LogP contribution >= 0.6 is 0 Å². The number of allylic oxidation sites excluding steroid dienone is 1. The van der Waals surface area contributed by atoms with Crippen LogP contribution in [-0.2, 0) is 4.79 Å².